The average Bonchev–Trinajstić information content (AvgIpc) is 2.57. The lowest BCUT2D eigenvalue weighted by Gasteiger charge is -2.14. The van der Waals surface area contributed by atoms with Crippen molar-refractivity contribution in [1.82, 2.24) is 4.72 Å². The lowest BCUT2D eigenvalue weighted by Crippen LogP contribution is -2.30. The molecule has 140 valence electrons. The Morgan fingerprint density at radius 2 is 1.85 bits per heavy atom. The standard InChI is InChI=1S/C17H18Cl2N2O4S/c1-10(2)21-26(23,24)15-9-11(7-8-14(15)25-3)17(22)20-13-6-4-5-12(18)16(13)19/h4-10,21H,1-3H3,(H,20,22). The second-order valence-electron chi connectivity index (χ2n) is 5.70. The number of carbonyl (C=O) groups is 1. The number of nitrogens with one attached hydrogen (secondary N) is 2. The van der Waals surface area contributed by atoms with Crippen molar-refractivity contribution < 1.29 is 17.9 Å². The van der Waals surface area contributed by atoms with Gasteiger partial charge in [0.05, 0.1) is 22.8 Å². The fourth-order valence-corrected chi connectivity index (χ4v) is 3.99. The van der Waals surface area contributed by atoms with Crippen molar-refractivity contribution in [2.45, 2.75) is 24.8 Å². The third-order valence-corrected chi connectivity index (χ3v) is 5.80. The molecule has 6 nitrogen and oxygen atoms in total. The molecule has 2 rings (SSSR count). The highest BCUT2D eigenvalue weighted by atomic mass is 35.5. The number of sulfonamides is 1. The van der Waals surface area contributed by atoms with Crippen LogP contribution in [0.1, 0.15) is 24.2 Å². The van der Waals surface area contributed by atoms with E-state index < -0.39 is 15.9 Å². The van der Waals surface area contributed by atoms with Crippen molar-refractivity contribution in [3.8, 4) is 5.75 Å². The largest absolute Gasteiger partial charge is 0.495 e. The highest BCUT2D eigenvalue weighted by Crippen LogP contribution is 2.30. The molecule has 0 saturated carbocycles. The van der Waals surface area contributed by atoms with Gasteiger partial charge in [-0.15, -0.1) is 0 Å². The quantitative estimate of drug-likeness (QED) is 0.746. The molecular formula is C17H18Cl2N2O4S. The second kappa shape index (κ2) is 8.26. The normalized spacial score (nSPS) is 11.5. The lowest BCUT2D eigenvalue weighted by molar-refractivity contribution is 0.102. The molecule has 0 radical (unpaired) electrons. The van der Waals surface area contributed by atoms with Gasteiger partial charge in [-0.2, -0.15) is 0 Å². The molecule has 2 N–H and O–H groups in total. The fraction of sp³-hybridized carbons (Fsp3) is 0.235. The smallest absolute Gasteiger partial charge is 0.255 e. The topological polar surface area (TPSA) is 84.5 Å². The number of rotatable bonds is 6. The molecule has 0 aliphatic heterocycles. The maximum Gasteiger partial charge on any atom is 0.255 e. The molecule has 0 heterocycles. The van der Waals surface area contributed by atoms with Gasteiger partial charge in [0.15, 0.2) is 0 Å². The Morgan fingerprint density at radius 1 is 1.15 bits per heavy atom. The average molecular weight is 417 g/mol. The van der Waals surface area contributed by atoms with Crippen LogP contribution in [0, 0.1) is 0 Å². The molecule has 0 aromatic heterocycles. The number of benzene rings is 2. The van der Waals surface area contributed by atoms with Gasteiger partial charge in [-0.05, 0) is 44.2 Å². The van der Waals surface area contributed by atoms with Crippen LogP contribution in [0.5, 0.6) is 5.75 Å². The van der Waals surface area contributed by atoms with Crippen molar-refractivity contribution in [2.75, 3.05) is 12.4 Å². The third-order valence-electron chi connectivity index (χ3n) is 3.31. The van der Waals surface area contributed by atoms with Gasteiger partial charge in [0.2, 0.25) is 10.0 Å². The van der Waals surface area contributed by atoms with Crippen molar-refractivity contribution in [3.63, 3.8) is 0 Å². The van der Waals surface area contributed by atoms with Crippen LogP contribution in [-0.4, -0.2) is 27.5 Å². The minimum absolute atomic E-state index is 0.126. The van der Waals surface area contributed by atoms with E-state index in [1.165, 1.54) is 25.3 Å². The van der Waals surface area contributed by atoms with E-state index in [0.717, 1.165) is 0 Å². The summed E-state index contributed by atoms with van der Waals surface area (Å²) in [6.45, 7) is 3.39. The zero-order valence-corrected chi connectivity index (χ0v) is 16.7. The summed E-state index contributed by atoms with van der Waals surface area (Å²) < 4.78 is 32.6. The first kappa shape index (κ1) is 20.5. The molecule has 0 saturated heterocycles. The van der Waals surface area contributed by atoms with Crippen molar-refractivity contribution in [3.05, 3.63) is 52.0 Å². The fourth-order valence-electron chi connectivity index (χ4n) is 2.20. The first-order chi connectivity index (χ1) is 12.2. The molecule has 0 bridgehead atoms. The Balaban J connectivity index is 2.40. The Morgan fingerprint density at radius 3 is 2.46 bits per heavy atom. The SMILES string of the molecule is COc1ccc(C(=O)Nc2cccc(Cl)c2Cl)cc1S(=O)(=O)NC(C)C. The van der Waals surface area contributed by atoms with Crippen LogP contribution in [0.3, 0.4) is 0 Å². The van der Waals surface area contributed by atoms with E-state index in [1.54, 1.807) is 32.0 Å². The van der Waals surface area contributed by atoms with Gasteiger partial charge in [-0.3, -0.25) is 4.79 Å². The van der Waals surface area contributed by atoms with Gasteiger partial charge in [0.1, 0.15) is 10.6 Å². The monoisotopic (exact) mass is 416 g/mol. The summed E-state index contributed by atoms with van der Waals surface area (Å²) >= 11 is 12.0. The first-order valence-corrected chi connectivity index (χ1v) is 9.85. The van der Waals surface area contributed by atoms with Crippen LogP contribution in [-0.2, 0) is 10.0 Å². The summed E-state index contributed by atoms with van der Waals surface area (Å²) in [7, 11) is -2.49. The van der Waals surface area contributed by atoms with Crippen LogP contribution in [0.2, 0.25) is 10.0 Å². The number of carbonyl (C=O) groups excluding carboxylic acids is 1. The minimum atomic E-state index is -3.85. The molecule has 0 atom stereocenters. The van der Waals surface area contributed by atoms with Crippen LogP contribution < -0.4 is 14.8 Å². The molecule has 26 heavy (non-hydrogen) atoms. The van der Waals surface area contributed by atoms with Gasteiger partial charge < -0.3 is 10.1 Å². The summed E-state index contributed by atoms with van der Waals surface area (Å²) in [5.41, 5.74) is 0.454. The number of anilines is 1. The van der Waals surface area contributed by atoms with E-state index in [4.69, 9.17) is 27.9 Å². The van der Waals surface area contributed by atoms with Crippen molar-refractivity contribution in [1.29, 1.82) is 0 Å². The Bertz CT molecular complexity index is 930. The van der Waals surface area contributed by atoms with E-state index in [9.17, 15) is 13.2 Å². The van der Waals surface area contributed by atoms with E-state index in [-0.39, 0.29) is 27.3 Å². The van der Waals surface area contributed by atoms with E-state index in [2.05, 4.69) is 10.0 Å². The Hall–Kier alpha value is -1.80. The molecule has 0 aliphatic rings. The third kappa shape index (κ3) is 4.67. The predicted molar refractivity (Wildman–Crippen MR) is 103 cm³/mol. The Labute approximate surface area is 162 Å². The zero-order valence-electron chi connectivity index (χ0n) is 14.3. The summed E-state index contributed by atoms with van der Waals surface area (Å²) in [4.78, 5) is 12.4. The van der Waals surface area contributed by atoms with E-state index in [0.29, 0.717) is 10.7 Å². The molecule has 0 unspecified atom stereocenters. The van der Waals surface area contributed by atoms with Gasteiger partial charge in [-0.1, -0.05) is 29.3 Å². The van der Waals surface area contributed by atoms with Gasteiger partial charge >= 0.3 is 0 Å². The summed E-state index contributed by atoms with van der Waals surface area (Å²) in [5, 5.41) is 3.11. The molecule has 9 heteroatoms. The van der Waals surface area contributed by atoms with Crippen molar-refractivity contribution >= 4 is 44.8 Å². The molecule has 2 aromatic carbocycles. The Kier molecular flexibility index (Phi) is 6.52. The molecular weight excluding hydrogens is 399 g/mol. The van der Waals surface area contributed by atoms with Gasteiger partial charge in [-0.25, -0.2) is 13.1 Å². The maximum absolute atomic E-state index is 12.5. The van der Waals surface area contributed by atoms with E-state index in [1.807, 2.05) is 0 Å². The number of ether oxygens (including phenoxy) is 1. The van der Waals surface area contributed by atoms with Crippen LogP contribution in [0.4, 0.5) is 5.69 Å². The first-order valence-electron chi connectivity index (χ1n) is 7.61. The molecule has 2 aromatic rings. The minimum Gasteiger partial charge on any atom is -0.495 e. The summed E-state index contributed by atoms with van der Waals surface area (Å²) in [6.07, 6.45) is 0. The number of hydrogen-bond donors (Lipinski definition) is 2. The highest BCUT2D eigenvalue weighted by molar-refractivity contribution is 7.89. The maximum atomic E-state index is 12.5. The predicted octanol–water partition coefficient (Wildman–Crippen LogP) is 3.94. The number of hydrogen-bond acceptors (Lipinski definition) is 4. The van der Waals surface area contributed by atoms with E-state index >= 15 is 0 Å². The van der Waals surface area contributed by atoms with Crippen LogP contribution in [0.15, 0.2) is 41.3 Å². The van der Waals surface area contributed by atoms with Gasteiger partial charge in [0.25, 0.3) is 5.91 Å². The number of amides is 1. The molecule has 0 spiro atoms. The highest BCUT2D eigenvalue weighted by Gasteiger charge is 2.22. The molecule has 0 aliphatic carbocycles. The van der Waals surface area contributed by atoms with Crippen molar-refractivity contribution in [2.24, 2.45) is 0 Å². The zero-order chi connectivity index (χ0) is 19.5. The summed E-state index contributed by atoms with van der Waals surface area (Å²) in [5.74, 6) is -0.395. The summed E-state index contributed by atoms with van der Waals surface area (Å²) in [6, 6.07) is 8.64. The van der Waals surface area contributed by atoms with Gasteiger partial charge in [0, 0.05) is 11.6 Å². The number of methoxy groups -OCH3 is 1. The number of halogens is 2. The lowest BCUT2D eigenvalue weighted by atomic mass is 10.2. The van der Waals surface area contributed by atoms with Crippen LogP contribution >= 0.6 is 23.2 Å². The molecule has 0 fully saturated rings. The van der Waals surface area contributed by atoms with Crippen LogP contribution in [0.25, 0.3) is 0 Å². The second-order valence-corrected chi connectivity index (χ2v) is 8.16. The molecule has 1 amide bonds.